The molecule has 0 bridgehead atoms. The summed E-state index contributed by atoms with van der Waals surface area (Å²) in [4.78, 5) is 16.2. The Bertz CT molecular complexity index is 456. The summed E-state index contributed by atoms with van der Waals surface area (Å²) in [5, 5.41) is 0. The van der Waals surface area contributed by atoms with Crippen molar-refractivity contribution in [2.24, 2.45) is 5.73 Å². The Morgan fingerprint density at radius 2 is 1.81 bits per heavy atom. The summed E-state index contributed by atoms with van der Waals surface area (Å²) in [7, 11) is 3.21. The van der Waals surface area contributed by atoms with Crippen LogP contribution in [0.4, 0.5) is 5.69 Å². The predicted octanol–water partition coefficient (Wildman–Crippen LogP) is 0.318. The highest BCUT2D eigenvalue weighted by Crippen LogP contribution is 2.20. The van der Waals surface area contributed by atoms with Crippen molar-refractivity contribution in [1.82, 2.24) is 4.90 Å². The molecule has 21 heavy (non-hydrogen) atoms. The molecular weight excluding hydrogens is 270 g/mol. The number of hydrogen-bond donors (Lipinski definition) is 1. The molecule has 0 aromatic heterocycles. The van der Waals surface area contributed by atoms with E-state index in [9.17, 15) is 4.79 Å². The Hall–Kier alpha value is -1.79. The molecule has 6 heteroatoms. The van der Waals surface area contributed by atoms with Crippen LogP contribution in [0.15, 0.2) is 24.3 Å². The minimum absolute atomic E-state index is 0.0359. The summed E-state index contributed by atoms with van der Waals surface area (Å²) in [5.74, 6) is 0.810. The van der Waals surface area contributed by atoms with Gasteiger partial charge in [0.05, 0.1) is 13.7 Å². The first-order valence-corrected chi connectivity index (χ1v) is 7.08. The van der Waals surface area contributed by atoms with Crippen LogP contribution >= 0.6 is 0 Å². The zero-order valence-corrected chi connectivity index (χ0v) is 12.6. The zero-order chi connectivity index (χ0) is 15.2. The molecule has 0 radical (unpaired) electrons. The van der Waals surface area contributed by atoms with Crippen LogP contribution in [0.2, 0.25) is 0 Å². The van der Waals surface area contributed by atoms with E-state index in [2.05, 4.69) is 4.90 Å². The van der Waals surface area contributed by atoms with Crippen molar-refractivity contribution in [3.05, 3.63) is 24.3 Å². The number of benzene rings is 1. The highest BCUT2D eigenvalue weighted by atomic mass is 16.5. The van der Waals surface area contributed by atoms with Gasteiger partial charge in [-0.2, -0.15) is 0 Å². The number of methoxy groups -OCH3 is 2. The number of anilines is 1. The van der Waals surface area contributed by atoms with Gasteiger partial charge in [0.15, 0.2) is 0 Å². The number of nitrogens with zero attached hydrogens (tertiary/aromatic N) is 2. The molecule has 2 N–H and O–H groups in total. The maximum Gasteiger partial charge on any atom is 0.241 e. The Labute approximate surface area is 125 Å². The van der Waals surface area contributed by atoms with Crippen LogP contribution in [0, 0.1) is 0 Å². The molecule has 1 saturated heterocycles. The molecule has 0 spiro atoms. The van der Waals surface area contributed by atoms with Gasteiger partial charge < -0.3 is 25.0 Å². The van der Waals surface area contributed by atoms with Gasteiger partial charge in [-0.3, -0.25) is 4.79 Å². The number of nitrogens with two attached hydrogens (primary N) is 1. The standard InChI is InChI=1S/C15H23N3O3/c1-20-11-14(16)15(19)18-9-7-17(8-10-18)12-3-5-13(21-2)6-4-12/h3-6,14H,7-11,16H2,1-2H3. The predicted molar refractivity (Wildman–Crippen MR) is 81.6 cm³/mol. The van der Waals surface area contributed by atoms with Gasteiger partial charge in [-0.15, -0.1) is 0 Å². The fraction of sp³-hybridized carbons (Fsp3) is 0.533. The molecule has 0 saturated carbocycles. The lowest BCUT2D eigenvalue weighted by molar-refractivity contribution is -0.134. The summed E-state index contributed by atoms with van der Waals surface area (Å²) in [6.45, 7) is 3.23. The molecule has 116 valence electrons. The van der Waals surface area contributed by atoms with Gasteiger partial charge in [0.25, 0.3) is 0 Å². The van der Waals surface area contributed by atoms with Gasteiger partial charge in [-0.1, -0.05) is 0 Å². The Balaban J connectivity index is 1.89. The summed E-state index contributed by atoms with van der Waals surface area (Å²) in [6, 6.07) is 7.39. The molecule has 6 nitrogen and oxygen atoms in total. The van der Waals surface area contributed by atoms with Gasteiger partial charge in [-0.05, 0) is 24.3 Å². The lowest BCUT2D eigenvalue weighted by Gasteiger charge is -2.37. The maximum absolute atomic E-state index is 12.1. The van der Waals surface area contributed by atoms with Gasteiger partial charge in [-0.25, -0.2) is 0 Å². The van der Waals surface area contributed by atoms with Crippen molar-refractivity contribution in [3.8, 4) is 5.75 Å². The molecule has 1 atom stereocenters. The first kappa shape index (κ1) is 15.6. The number of rotatable bonds is 5. The van der Waals surface area contributed by atoms with E-state index in [0.29, 0.717) is 13.1 Å². The van der Waals surface area contributed by atoms with Crippen LogP contribution in [0.5, 0.6) is 5.75 Å². The second-order valence-corrected chi connectivity index (χ2v) is 5.07. The van der Waals surface area contributed by atoms with Gasteiger partial charge >= 0.3 is 0 Å². The van der Waals surface area contributed by atoms with Gasteiger partial charge in [0.1, 0.15) is 11.8 Å². The number of piperazine rings is 1. The minimum Gasteiger partial charge on any atom is -0.497 e. The smallest absolute Gasteiger partial charge is 0.241 e. The van der Waals surface area contributed by atoms with E-state index in [0.717, 1.165) is 24.5 Å². The third kappa shape index (κ3) is 3.86. The number of amides is 1. The Morgan fingerprint density at radius 1 is 1.19 bits per heavy atom. The van der Waals surface area contributed by atoms with Crippen LogP contribution in [-0.2, 0) is 9.53 Å². The summed E-state index contributed by atoms with van der Waals surface area (Å²) in [5.41, 5.74) is 6.94. The van der Waals surface area contributed by atoms with Crippen molar-refractivity contribution < 1.29 is 14.3 Å². The van der Waals surface area contributed by atoms with E-state index in [1.165, 1.54) is 0 Å². The summed E-state index contributed by atoms with van der Waals surface area (Å²) >= 11 is 0. The summed E-state index contributed by atoms with van der Waals surface area (Å²) < 4.78 is 10.1. The molecule has 1 aliphatic heterocycles. The fourth-order valence-electron chi connectivity index (χ4n) is 2.46. The summed E-state index contributed by atoms with van der Waals surface area (Å²) in [6.07, 6.45) is 0. The Morgan fingerprint density at radius 3 is 2.33 bits per heavy atom. The van der Waals surface area contributed by atoms with E-state index in [1.54, 1.807) is 14.2 Å². The van der Waals surface area contributed by atoms with Gasteiger partial charge in [0.2, 0.25) is 5.91 Å². The molecule has 1 aromatic rings. The topological polar surface area (TPSA) is 68.0 Å². The average molecular weight is 293 g/mol. The average Bonchev–Trinajstić information content (AvgIpc) is 2.54. The quantitative estimate of drug-likeness (QED) is 0.846. The van der Waals surface area contributed by atoms with Crippen LogP contribution in [0.25, 0.3) is 0 Å². The third-order valence-electron chi connectivity index (χ3n) is 3.69. The van der Waals surface area contributed by atoms with Crippen LogP contribution in [0.1, 0.15) is 0 Å². The number of ether oxygens (including phenoxy) is 2. The second-order valence-electron chi connectivity index (χ2n) is 5.07. The first-order chi connectivity index (χ1) is 10.2. The highest BCUT2D eigenvalue weighted by Gasteiger charge is 2.25. The minimum atomic E-state index is -0.567. The van der Waals surface area contributed by atoms with Crippen molar-refractivity contribution in [1.29, 1.82) is 0 Å². The molecule has 1 aliphatic rings. The largest absolute Gasteiger partial charge is 0.497 e. The second kappa shape index (κ2) is 7.28. The van der Waals surface area contributed by atoms with Crippen LogP contribution in [-0.4, -0.2) is 63.9 Å². The van der Waals surface area contributed by atoms with Gasteiger partial charge in [0, 0.05) is 39.0 Å². The van der Waals surface area contributed by atoms with Crippen LogP contribution < -0.4 is 15.4 Å². The van der Waals surface area contributed by atoms with Crippen molar-refractivity contribution in [2.45, 2.75) is 6.04 Å². The maximum atomic E-state index is 12.1. The lowest BCUT2D eigenvalue weighted by atomic mass is 10.2. The molecule has 0 aliphatic carbocycles. The number of carbonyl (C=O) groups excluding carboxylic acids is 1. The fourth-order valence-corrected chi connectivity index (χ4v) is 2.46. The van der Waals surface area contributed by atoms with E-state index < -0.39 is 6.04 Å². The van der Waals surface area contributed by atoms with Crippen LogP contribution in [0.3, 0.4) is 0 Å². The molecule has 1 unspecified atom stereocenters. The van der Waals surface area contributed by atoms with Crippen molar-refractivity contribution >= 4 is 11.6 Å². The molecule has 2 rings (SSSR count). The number of carbonyl (C=O) groups is 1. The first-order valence-electron chi connectivity index (χ1n) is 7.08. The highest BCUT2D eigenvalue weighted by molar-refractivity contribution is 5.82. The van der Waals surface area contributed by atoms with E-state index in [4.69, 9.17) is 15.2 Å². The SMILES string of the molecule is COCC(N)C(=O)N1CCN(c2ccc(OC)cc2)CC1. The van der Waals surface area contributed by atoms with E-state index in [-0.39, 0.29) is 12.5 Å². The lowest BCUT2D eigenvalue weighted by Crippen LogP contribution is -2.54. The molecule has 1 amide bonds. The molecule has 1 heterocycles. The Kier molecular flexibility index (Phi) is 5.41. The zero-order valence-electron chi connectivity index (χ0n) is 12.6. The third-order valence-corrected chi connectivity index (χ3v) is 3.69. The van der Waals surface area contributed by atoms with Crippen molar-refractivity contribution in [3.63, 3.8) is 0 Å². The number of hydrogen-bond acceptors (Lipinski definition) is 5. The molecule has 1 fully saturated rings. The monoisotopic (exact) mass is 293 g/mol. The van der Waals surface area contributed by atoms with E-state index >= 15 is 0 Å². The molecule has 1 aromatic carbocycles. The van der Waals surface area contributed by atoms with E-state index in [1.807, 2.05) is 29.2 Å². The van der Waals surface area contributed by atoms with Crippen molar-refractivity contribution in [2.75, 3.05) is 51.9 Å². The molecular formula is C15H23N3O3. The normalized spacial score (nSPS) is 16.7.